The van der Waals surface area contributed by atoms with Crippen LogP contribution in [0.2, 0.25) is 0 Å². The summed E-state index contributed by atoms with van der Waals surface area (Å²) in [5.74, 6) is 0. The van der Waals surface area contributed by atoms with Crippen LogP contribution in [-0.2, 0) is 4.74 Å². The van der Waals surface area contributed by atoms with Gasteiger partial charge in [0.05, 0.1) is 5.69 Å². The van der Waals surface area contributed by atoms with E-state index < -0.39 is 11.7 Å². The van der Waals surface area contributed by atoms with Gasteiger partial charge in [-0.1, -0.05) is 6.07 Å². The van der Waals surface area contributed by atoms with Crippen LogP contribution in [0.1, 0.15) is 20.8 Å². The van der Waals surface area contributed by atoms with Crippen molar-refractivity contribution in [2.24, 2.45) is 0 Å². The van der Waals surface area contributed by atoms with Gasteiger partial charge in [0.2, 0.25) is 0 Å². The maximum atomic E-state index is 11.5. The molecule has 0 bridgehead atoms. The van der Waals surface area contributed by atoms with Crippen LogP contribution in [-0.4, -0.2) is 39.5 Å². The van der Waals surface area contributed by atoms with Crippen molar-refractivity contribution in [3.8, 4) is 5.69 Å². The van der Waals surface area contributed by atoms with E-state index in [4.69, 9.17) is 4.74 Å². The minimum absolute atomic E-state index is 0.410. The van der Waals surface area contributed by atoms with Crippen molar-refractivity contribution in [1.82, 2.24) is 20.1 Å². The molecular formula is C15H21N5O2. The first-order valence-corrected chi connectivity index (χ1v) is 7.10. The summed E-state index contributed by atoms with van der Waals surface area (Å²) >= 11 is 0. The van der Waals surface area contributed by atoms with Crippen LogP contribution in [0.15, 0.2) is 36.9 Å². The van der Waals surface area contributed by atoms with Crippen LogP contribution < -0.4 is 10.6 Å². The second kappa shape index (κ2) is 6.93. The van der Waals surface area contributed by atoms with Gasteiger partial charge in [0.25, 0.3) is 0 Å². The van der Waals surface area contributed by atoms with Crippen molar-refractivity contribution >= 4 is 11.8 Å². The van der Waals surface area contributed by atoms with E-state index in [0.29, 0.717) is 13.1 Å². The van der Waals surface area contributed by atoms with E-state index in [9.17, 15) is 4.79 Å². The predicted molar refractivity (Wildman–Crippen MR) is 84.1 cm³/mol. The number of carbonyl (C=O) groups excluding carboxylic acids is 1. The average molecular weight is 303 g/mol. The fourth-order valence-corrected chi connectivity index (χ4v) is 1.80. The molecule has 1 aromatic carbocycles. The lowest BCUT2D eigenvalue weighted by molar-refractivity contribution is 0.0530. The number of nitrogens with one attached hydrogen (secondary N) is 2. The topological polar surface area (TPSA) is 81.1 Å². The van der Waals surface area contributed by atoms with Gasteiger partial charge >= 0.3 is 6.09 Å². The van der Waals surface area contributed by atoms with Gasteiger partial charge in [-0.25, -0.2) is 4.79 Å². The van der Waals surface area contributed by atoms with E-state index in [1.165, 1.54) is 0 Å². The number of alkyl carbamates (subject to hydrolysis) is 1. The molecule has 1 heterocycles. The SMILES string of the molecule is CC(C)(C)OC(=O)NCCNc1cccc(-n2cnnc2)c1. The van der Waals surface area contributed by atoms with Gasteiger partial charge in [0.1, 0.15) is 18.3 Å². The van der Waals surface area contributed by atoms with Crippen LogP contribution in [0.5, 0.6) is 0 Å². The molecular weight excluding hydrogens is 282 g/mol. The Balaban J connectivity index is 1.78. The lowest BCUT2D eigenvalue weighted by Gasteiger charge is -2.19. The van der Waals surface area contributed by atoms with Crippen molar-refractivity contribution in [1.29, 1.82) is 0 Å². The van der Waals surface area contributed by atoms with E-state index in [1.54, 1.807) is 12.7 Å². The van der Waals surface area contributed by atoms with Gasteiger partial charge < -0.3 is 15.4 Å². The van der Waals surface area contributed by atoms with E-state index in [2.05, 4.69) is 20.8 Å². The van der Waals surface area contributed by atoms with E-state index in [-0.39, 0.29) is 0 Å². The quantitative estimate of drug-likeness (QED) is 0.828. The zero-order valence-corrected chi connectivity index (χ0v) is 13.0. The molecule has 0 fully saturated rings. The Morgan fingerprint density at radius 2 is 1.95 bits per heavy atom. The number of hydrogen-bond acceptors (Lipinski definition) is 5. The number of nitrogens with zero attached hydrogens (tertiary/aromatic N) is 3. The maximum Gasteiger partial charge on any atom is 0.407 e. The molecule has 7 heteroatoms. The number of carbonyl (C=O) groups is 1. The number of hydrogen-bond donors (Lipinski definition) is 2. The molecule has 7 nitrogen and oxygen atoms in total. The lowest BCUT2D eigenvalue weighted by atomic mass is 10.2. The maximum absolute atomic E-state index is 11.5. The molecule has 0 radical (unpaired) electrons. The highest BCUT2D eigenvalue weighted by Crippen LogP contribution is 2.13. The Kier molecular flexibility index (Phi) is 4.98. The molecule has 118 valence electrons. The molecule has 0 atom stereocenters. The molecule has 0 spiro atoms. The second-order valence-electron chi connectivity index (χ2n) is 5.77. The Morgan fingerprint density at radius 1 is 1.23 bits per heavy atom. The zero-order chi connectivity index (χ0) is 16.0. The average Bonchev–Trinajstić information content (AvgIpc) is 2.96. The zero-order valence-electron chi connectivity index (χ0n) is 13.0. The molecule has 1 amide bonds. The fraction of sp³-hybridized carbons (Fsp3) is 0.400. The lowest BCUT2D eigenvalue weighted by Crippen LogP contribution is -2.34. The summed E-state index contributed by atoms with van der Waals surface area (Å²) in [4.78, 5) is 11.5. The third kappa shape index (κ3) is 5.08. The number of benzene rings is 1. The van der Waals surface area contributed by atoms with Gasteiger partial charge in [-0.2, -0.15) is 0 Å². The third-order valence-corrected chi connectivity index (χ3v) is 2.69. The second-order valence-corrected chi connectivity index (χ2v) is 5.77. The van der Waals surface area contributed by atoms with Crippen LogP contribution in [0.4, 0.5) is 10.5 Å². The molecule has 0 saturated heterocycles. The standard InChI is InChI=1S/C15H21N5O2/c1-15(2,3)22-14(21)17-8-7-16-12-5-4-6-13(9-12)20-10-18-19-11-20/h4-6,9-11,16H,7-8H2,1-3H3,(H,17,21). The monoisotopic (exact) mass is 303 g/mol. The summed E-state index contributed by atoms with van der Waals surface area (Å²) in [6.07, 6.45) is 2.87. The molecule has 2 rings (SSSR count). The van der Waals surface area contributed by atoms with Crippen molar-refractivity contribution < 1.29 is 9.53 Å². The normalized spacial score (nSPS) is 11.0. The van der Waals surface area contributed by atoms with Gasteiger partial charge in [0.15, 0.2) is 0 Å². The summed E-state index contributed by atoms with van der Waals surface area (Å²) in [7, 11) is 0. The largest absolute Gasteiger partial charge is 0.444 e. The Bertz CT molecular complexity index is 605. The van der Waals surface area contributed by atoms with Crippen LogP contribution in [0.25, 0.3) is 5.69 Å². The molecule has 22 heavy (non-hydrogen) atoms. The summed E-state index contributed by atoms with van der Waals surface area (Å²) in [6, 6.07) is 7.85. The van der Waals surface area contributed by atoms with Crippen LogP contribution in [0.3, 0.4) is 0 Å². The van der Waals surface area contributed by atoms with Crippen molar-refractivity contribution in [2.75, 3.05) is 18.4 Å². The smallest absolute Gasteiger partial charge is 0.407 e. The Morgan fingerprint density at radius 3 is 2.64 bits per heavy atom. The molecule has 0 aliphatic rings. The summed E-state index contributed by atoms with van der Waals surface area (Å²) in [6.45, 7) is 6.58. The molecule has 0 saturated carbocycles. The first kappa shape index (κ1) is 15.8. The number of anilines is 1. The molecule has 0 aliphatic carbocycles. The van der Waals surface area contributed by atoms with E-state index in [0.717, 1.165) is 11.4 Å². The van der Waals surface area contributed by atoms with Gasteiger partial charge in [0, 0.05) is 18.8 Å². The predicted octanol–water partition coefficient (Wildman–Crippen LogP) is 2.20. The molecule has 0 aliphatic heterocycles. The number of aromatic nitrogens is 3. The number of ether oxygens (including phenoxy) is 1. The molecule has 1 aromatic heterocycles. The van der Waals surface area contributed by atoms with Crippen molar-refractivity contribution in [2.45, 2.75) is 26.4 Å². The van der Waals surface area contributed by atoms with Crippen LogP contribution in [0, 0.1) is 0 Å². The van der Waals surface area contributed by atoms with E-state index >= 15 is 0 Å². The minimum Gasteiger partial charge on any atom is -0.444 e. The first-order chi connectivity index (χ1) is 10.4. The highest BCUT2D eigenvalue weighted by molar-refractivity contribution is 5.67. The fourth-order valence-electron chi connectivity index (χ4n) is 1.80. The molecule has 0 unspecified atom stereocenters. The Labute approximate surface area is 129 Å². The summed E-state index contributed by atoms with van der Waals surface area (Å²) in [5.41, 5.74) is 1.44. The first-order valence-electron chi connectivity index (χ1n) is 7.10. The van der Waals surface area contributed by atoms with Gasteiger partial charge in [-0.3, -0.25) is 4.57 Å². The van der Waals surface area contributed by atoms with Gasteiger partial charge in [-0.15, -0.1) is 10.2 Å². The molecule has 2 aromatic rings. The summed E-state index contributed by atoms with van der Waals surface area (Å²) in [5, 5.41) is 13.5. The highest BCUT2D eigenvalue weighted by atomic mass is 16.6. The Hall–Kier alpha value is -2.57. The third-order valence-electron chi connectivity index (χ3n) is 2.69. The van der Waals surface area contributed by atoms with Gasteiger partial charge in [-0.05, 0) is 39.0 Å². The molecule has 2 N–H and O–H groups in total. The number of amides is 1. The van der Waals surface area contributed by atoms with Crippen LogP contribution >= 0.6 is 0 Å². The minimum atomic E-state index is -0.481. The number of rotatable bonds is 5. The van der Waals surface area contributed by atoms with Crippen molar-refractivity contribution in [3.63, 3.8) is 0 Å². The van der Waals surface area contributed by atoms with Crippen molar-refractivity contribution in [3.05, 3.63) is 36.9 Å². The summed E-state index contributed by atoms with van der Waals surface area (Å²) < 4.78 is 6.99. The highest BCUT2D eigenvalue weighted by Gasteiger charge is 2.15. The van der Waals surface area contributed by atoms with E-state index in [1.807, 2.05) is 49.6 Å².